The van der Waals surface area contributed by atoms with Crippen LogP contribution in [0.15, 0.2) is 10.6 Å². The fourth-order valence-electron chi connectivity index (χ4n) is 2.26. The first kappa shape index (κ1) is 12.1. The molecule has 5 nitrogen and oxygen atoms in total. The Morgan fingerprint density at radius 2 is 2.29 bits per heavy atom. The second kappa shape index (κ2) is 5.31. The Balaban J connectivity index is 1.86. The molecule has 0 amide bonds. The van der Waals surface area contributed by atoms with Gasteiger partial charge in [0.05, 0.1) is 6.54 Å². The number of hydrogen-bond acceptors (Lipinski definition) is 4. The van der Waals surface area contributed by atoms with Crippen LogP contribution in [-0.2, 0) is 6.54 Å². The maximum absolute atomic E-state index is 10.7. The molecule has 1 N–H and O–H groups in total. The first-order valence-electron chi connectivity index (χ1n) is 6.10. The molecule has 0 bridgehead atoms. The van der Waals surface area contributed by atoms with E-state index in [0.29, 0.717) is 12.3 Å². The predicted octanol–water partition coefficient (Wildman–Crippen LogP) is 1.99. The highest BCUT2D eigenvalue weighted by Gasteiger charge is 2.19. The lowest BCUT2D eigenvalue weighted by Crippen LogP contribution is -2.32. The summed E-state index contributed by atoms with van der Waals surface area (Å²) >= 11 is 0. The number of hydrogen-bond donors (Lipinski definition) is 1. The molecule has 94 valence electrons. The van der Waals surface area contributed by atoms with Crippen LogP contribution in [0.3, 0.4) is 0 Å². The molecule has 1 saturated heterocycles. The number of carbonyl (C=O) groups is 1. The number of aromatic nitrogens is 1. The van der Waals surface area contributed by atoms with Gasteiger partial charge in [-0.05, 0) is 31.8 Å². The van der Waals surface area contributed by atoms with E-state index in [4.69, 9.17) is 9.63 Å². The Hall–Kier alpha value is -1.36. The molecule has 5 heteroatoms. The fourth-order valence-corrected chi connectivity index (χ4v) is 2.26. The molecule has 1 aliphatic rings. The molecule has 0 aromatic carbocycles. The standard InChI is InChI=1S/C12H18N2O3/c1-2-9-3-5-14(6-4-9)8-10-7-11(12(15)16)13-17-10/h7,9H,2-6,8H2,1H3,(H,15,16). The first-order valence-corrected chi connectivity index (χ1v) is 6.10. The number of likely N-dealkylation sites (tertiary alicyclic amines) is 1. The van der Waals surface area contributed by atoms with Crippen LogP contribution in [0.2, 0.25) is 0 Å². The topological polar surface area (TPSA) is 66.6 Å². The van der Waals surface area contributed by atoms with Crippen molar-refractivity contribution in [2.75, 3.05) is 13.1 Å². The molecular weight excluding hydrogens is 220 g/mol. The normalized spacial score (nSPS) is 18.4. The van der Waals surface area contributed by atoms with E-state index in [2.05, 4.69) is 17.0 Å². The van der Waals surface area contributed by atoms with Gasteiger partial charge in [-0.3, -0.25) is 4.90 Å². The molecule has 0 spiro atoms. The van der Waals surface area contributed by atoms with Crippen molar-refractivity contribution in [3.63, 3.8) is 0 Å². The van der Waals surface area contributed by atoms with E-state index in [0.717, 1.165) is 19.0 Å². The molecular formula is C12H18N2O3. The number of aromatic carboxylic acids is 1. The monoisotopic (exact) mass is 238 g/mol. The highest BCUT2D eigenvalue weighted by atomic mass is 16.5. The Kier molecular flexibility index (Phi) is 3.78. The summed E-state index contributed by atoms with van der Waals surface area (Å²) in [6.45, 7) is 5.01. The zero-order valence-electron chi connectivity index (χ0n) is 10.1. The lowest BCUT2D eigenvalue weighted by Gasteiger charge is -2.30. The van der Waals surface area contributed by atoms with Crippen molar-refractivity contribution < 1.29 is 14.4 Å². The van der Waals surface area contributed by atoms with Gasteiger partial charge in [0.2, 0.25) is 0 Å². The van der Waals surface area contributed by atoms with Crippen LogP contribution in [0.1, 0.15) is 42.4 Å². The predicted molar refractivity (Wildman–Crippen MR) is 61.8 cm³/mol. The lowest BCUT2D eigenvalue weighted by molar-refractivity contribution is 0.0685. The Bertz CT molecular complexity index is 381. The van der Waals surface area contributed by atoms with Crippen molar-refractivity contribution in [2.24, 2.45) is 5.92 Å². The van der Waals surface area contributed by atoms with Crippen LogP contribution in [-0.4, -0.2) is 34.2 Å². The molecule has 0 radical (unpaired) electrons. The van der Waals surface area contributed by atoms with Crippen molar-refractivity contribution in [1.29, 1.82) is 0 Å². The van der Waals surface area contributed by atoms with Crippen LogP contribution in [0.25, 0.3) is 0 Å². The third-order valence-electron chi connectivity index (χ3n) is 3.44. The SMILES string of the molecule is CCC1CCN(Cc2cc(C(=O)O)no2)CC1. The van der Waals surface area contributed by atoms with E-state index < -0.39 is 5.97 Å². The summed E-state index contributed by atoms with van der Waals surface area (Å²) in [5, 5.41) is 12.2. The van der Waals surface area contributed by atoms with E-state index >= 15 is 0 Å². The van der Waals surface area contributed by atoms with Gasteiger partial charge in [0.15, 0.2) is 11.5 Å². The van der Waals surface area contributed by atoms with Gasteiger partial charge in [0, 0.05) is 6.07 Å². The molecule has 0 unspecified atom stereocenters. The molecule has 1 fully saturated rings. The number of carboxylic acids is 1. The van der Waals surface area contributed by atoms with E-state index in [9.17, 15) is 4.79 Å². The molecule has 1 aromatic rings. The van der Waals surface area contributed by atoms with Crippen LogP contribution in [0.4, 0.5) is 0 Å². The smallest absolute Gasteiger partial charge is 0.358 e. The second-order valence-electron chi connectivity index (χ2n) is 4.61. The van der Waals surface area contributed by atoms with Crippen LogP contribution in [0.5, 0.6) is 0 Å². The summed E-state index contributed by atoms with van der Waals surface area (Å²) in [5.74, 6) is 0.442. The quantitative estimate of drug-likeness (QED) is 0.869. The molecule has 2 rings (SSSR count). The minimum absolute atomic E-state index is 0.0107. The largest absolute Gasteiger partial charge is 0.476 e. The van der Waals surface area contributed by atoms with Crippen molar-refractivity contribution in [3.8, 4) is 0 Å². The molecule has 0 aliphatic carbocycles. The molecule has 2 heterocycles. The van der Waals surface area contributed by atoms with Gasteiger partial charge >= 0.3 is 5.97 Å². The maximum atomic E-state index is 10.7. The average molecular weight is 238 g/mol. The van der Waals surface area contributed by atoms with Gasteiger partial charge in [0.1, 0.15) is 0 Å². The zero-order valence-corrected chi connectivity index (χ0v) is 10.1. The lowest BCUT2D eigenvalue weighted by atomic mass is 9.94. The van der Waals surface area contributed by atoms with Gasteiger partial charge in [-0.15, -0.1) is 0 Å². The van der Waals surface area contributed by atoms with Crippen LogP contribution >= 0.6 is 0 Å². The maximum Gasteiger partial charge on any atom is 0.358 e. The molecule has 0 saturated carbocycles. The van der Waals surface area contributed by atoms with E-state index in [-0.39, 0.29) is 5.69 Å². The van der Waals surface area contributed by atoms with E-state index in [1.165, 1.54) is 25.3 Å². The first-order chi connectivity index (χ1) is 8.19. The Morgan fingerprint density at radius 1 is 1.59 bits per heavy atom. The second-order valence-corrected chi connectivity index (χ2v) is 4.61. The summed E-state index contributed by atoms with van der Waals surface area (Å²) in [7, 11) is 0. The fraction of sp³-hybridized carbons (Fsp3) is 0.667. The minimum atomic E-state index is -1.04. The van der Waals surface area contributed by atoms with E-state index in [1.807, 2.05) is 0 Å². The average Bonchev–Trinajstić information content (AvgIpc) is 2.79. The molecule has 1 aromatic heterocycles. The van der Waals surface area contributed by atoms with Crippen molar-refractivity contribution in [2.45, 2.75) is 32.7 Å². The number of nitrogens with zero attached hydrogens (tertiary/aromatic N) is 2. The van der Waals surface area contributed by atoms with Crippen molar-refractivity contribution in [1.82, 2.24) is 10.1 Å². The summed E-state index contributed by atoms with van der Waals surface area (Å²) in [6, 6.07) is 1.51. The molecule has 1 aliphatic heterocycles. The zero-order chi connectivity index (χ0) is 12.3. The minimum Gasteiger partial charge on any atom is -0.476 e. The van der Waals surface area contributed by atoms with E-state index in [1.54, 1.807) is 0 Å². The third-order valence-corrected chi connectivity index (χ3v) is 3.44. The summed E-state index contributed by atoms with van der Waals surface area (Å²) < 4.78 is 5.01. The van der Waals surface area contributed by atoms with Gasteiger partial charge < -0.3 is 9.63 Å². The molecule has 17 heavy (non-hydrogen) atoms. The van der Waals surface area contributed by atoms with Crippen molar-refractivity contribution in [3.05, 3.63) is 17.5 Å². The number of piperidine rings is 1. The van der Waals surface area contributed by atoms with Gasteiger partial charge in [-0.1, -0.05) is 18.5 Å². The van der Waals surface area contributed by atoms with Crippen molar-refractivity contribution >= 4 is 5.97 Å². The summed E-state index contributed by atoms with van der Waals surface area (Å²) in [5.41, 5.74) is -0.0107. The van der Waals surface area contributed by atoms with Crippen LogP contribution < -0.4 is 0 Å². The Morgan fingerprint density at radius 3 is 2.82 bits per heavy atom. The Labute approximate surface area is 100 Å². The van der Waals surface area contributed by atoms with Gasteiger partial charge in [-0.25, -0.2) is 4.79 Å². The summed E-state index contributed by atoms with van der Waals surface area (Å²) in [4.78, 5) is 12.9. The third kappa shape index (κ3) is 3.06. The van der Waals surface area contributed by atoms with Gasteiger partial charge in [0.25, 0.3) is 0 Å². The highest BCUT2D eigenvalue weighted by Crippen LogP contribution is 2.21. The van der Waals surface area contributed by atoms with Crippen LogP contribution in [0, 0.1) is 5.92 Å². The van der Waals surface area contributed by atoms with Gasteiger partial charge in [-0.2, -0.15) is 0 Å². The number of rotatable bonds is 4. The number of carboxylic acid groups (broad SMARTS) is 1. The summed E-state index contributed by atoms with van der Waals surface area (Å²) in [6.07, 6.45) is 3.69. The highest BCUT2D eigenvalue weighted by molar-refractivity contribution is 5.85. The molecule has 0 atom stereocenters.